The summed E-state index contributed by atoms with van der Waals surface area (Å²) in [4.78, 5) is 0. The van der Waals surface area contributed by atoms with Gasteiger partial charge in [0.15, 0.2) is 0 Å². The third kappa shape index (κ3) is 3.01. The fourth-order valence-electron chi connectivity index (χ4n) is 1.62. The lowest BCUT2D eigenvalue weighted by Gasteiger charge is -2.06. The van der Waals surface area contributed by atoms with Crippen molar-refractivity contribution >= 4 is 17.3 Å². The first kappa shape index (κ1) is 12.0. The molecule has 0 fully saturated rings. The minimum Gasteiger partial charge on any atom is -0.379 e. The molecule has 2 rings (SSSR count). The van der Waals surface area contributed by atoms with Crippen molar-refractivity contribution in [3.63, 3.8) is 0 Å². The Morgan fingerprint density at radius 1 is 1.35 bits per heavy atom. The van der Waals surface area contributed by atoms with Crippen LogP contribution in [0.15, 0.2) is 36.7 Å². The van der Waals surface area contributed by atoms with Gasteiger partial charge in [-0.05, 0) is 36.8 Å². The largest absolute Gasteiger partial charge is 0.379 e. The molecule has 90 valence electrons. The van der Waals surface area contributed by atoms with Gasteiger partial charge in [-0.15, -0.1) is 0 Å². The summed E-state index contributed by atoms with van der Waals surface area (Å²) in [5.74, 6) is -0.288. The first-order valence-corrected chi connectivity index (χ1v) is 5.90. The summed E-state index contributed by atoms with van der Waals surface area (Å²) in [6.07, 6.45) is 4.04. The molecular weight excluding hydrogens is 239 g/mol. The van der Waals surface area contributed by atoms with Crippen molar-refractivity contribution in [1.82, 2.24) is 4.57 Å². The smallest absolute Gasteiger partial charge is 0.146 e. The number of benzene rings is 1. The van der Waals surface area contributed by atoms with Crippen LogP contribution in [0.4, 0.5) is 10.1 Å². The number of hydrogen-bond donors (Lipinski definition) is 1. The predicted molar refractivity (Wildman–Crippen MR) is 68.8 cm³/mol. The molecule has 0 saturated carbocycles. The number of aryl methyl sites for hydroxylation is 1. The first-order valence-electron chi connectivity index (χ1n) is 5.52. The van der Waals surface area contributed by atoms with Crippen LogP contribution in [0.3, 0.4) is 0 Å². The molecule has 0 atom stereocenters. The molecule has 4 heteroatoms. The Morgan fingerprint density at radius 2 is 2.18 bits per heavy atom. The van der Waals surface area contributed by atoms with E-state index in [0.717, 1.165) is 12.1 Å². The second-order valence-corrected chi connectivity index (χ2v) is 4.26. The number of anilines is 1. The number of aromatic nitrogens is 1. The Labute approximate surface area is 105 Å². The second kappa shape index (κ2) is 5.23. The Balaban J connectivity index is 2.04. The van der Waals surface area contributed by atoms with Gasteiger partial charge in [-0.2, -0.15) is 0 Å². The van der Waals surface area contributed by atoms with Crippen molar-refractivity contribution in [3.05, 3.63) is 53.1 Å². The SMILES string of the molecule is CCn1ccc(CNc2cc(Cl)ccc2F)c1. The van der Waals surface area contributed by atoms with Crippen LogP contribution in [0.25, 0.3) is 0 Å². The highest BCUT2D eigenvalue weighted by atomic mass is 35.5. The van der Waals surface area contributed by atoms with Crippen LogP contribution in [0.2, 0.25) is 5.02 Å². The summed E-state index contributed by atoms with van der Waals surface area (Å²) in [7, 11) is 0. The Kier molecular flexibility index (Phi) is 3.69. The van der Waals surface area contributed by atoms with E-state index in [1.54, 1.807) is 6.07 Å². The number of nitrogens with zero attached hydrogens (tertiary/aromatic N) is 1. The molecule has 0 aliphatic carbocycles. The van der Waals surface area contributed by atoms with E-state index < -0.39 is 0 Å². The normalized spacial score (nSPS) is 10.5. The van der Waals surface area contributed by atoms with E-state index in [-0.39, 0.29) is 5.82 Å². The molecule has 0 aliphatic rings. The van der Waals surface area contributed by atoms with Gasteiger partial charge in [0.25, 0.3) is 0 Å². The molecule has 0 aliphatic heterocycles. The van der Waals surface area contributed by atoms with Gasteiger partial charge >= 0.3 is 0 Å². The molecule has 17 heavy (non-hydrogen) atoms. The van der Waals surface area contributed by atoms with Crippen LogP contribution in [0.5, 0.6) is 0 Å². The van der Waals surface area contributed by atoms with Crippen LogP contribution >= 0.6 is 11.6 Å². The van der Waals surface area contributed by atoms with Gasteiger partial charge < -0.3 is 9.88 Å². The van der Waals surface area contributed by atoms with E-state index in [0.29, 0.717) is 17.3 Å². The van der Waals surface area contributed by atoms with Crippen molar-refractivity contribution in [2.75, 3.05) is 5.32 Å². The van der Waals surface area contributed by atoms with E-state index in [1.165, 1.54) is 12.1 Å². The zero-order valence-electron chi connectivity index (χ0n) is 9.58. The minimum absolute atomic E-state index is 0.288. The van der Waals surface area contributed by atoms with Crippen molar-refractivity contribution < 1.29 is 4.39 Å². The third-order valence-corrected chi connectivity index (χ3v) is 2.82. The third-order valence-electron chi connectivity index (χ3n) is 2.59. The lowest BCUT2D eigenvalue weighted by atomic mass is 10.3. The average molecular weight is 253 g/mol. The summed E-state index contributed by atoms with van der Waals surface area (Å²) >= 11 is 5.81. The van der Waals surface area contributed by atoms with E-state index in [9.17, 15) is 4.39 Å². The van der Waals surface area contributed by atoms with Crippen LogP contribution in [0, 0.1) is 5.82 Å². The van der Waals surface area contributed by atoms with Gasteiger partial charge in [-0.3, -0.25) is 0 Å². The number of hydrogen-bond acceptors (Lipinski definition) is 1. The molecular formula is C13H14ClFN2. The van der Waals surface area contributed by atoms with Crippen molar-refractivity contribution in [1.29, 1.82) is 0 Å². The number of halogens is 2. The minimum atomic E-state index is -0.288. The van der Waals surface area contributed by atoms with Gasteiger partial charge in [-0.25, -0.2) is 4.39 Å². The van der Waals surface area contributed by atoms with E-state index >= 15 is 0 Å². The van der Waals surface area contributed by atoms with Gasteiger partial charge in [0.1, 0.15) is 5.82 Å². The van der Waals surface area contributed by atoms with Gasteiger partial charge in [0.05, 0.1) is 5.69 Å². The second-order valence-electron chi connectivity index (χ2n) is 3.83. The summed E-state index contributed by atoms with van der Waals surface area (Å²) in [5, 5.41) is 3.56. The zero-order valence-corrected chi connectivity index (χ0v) is 10.3. The molecule has 2 nitrogen and oxygen atoms in total. The fraction of sp³-hybridized carbons (Fsp3) is 0.231. The van der Waals surface area contributed by atoms with Crippen molar-refractivity contribution in [2.45, 2.75) is 20.0 Å². The topological polar surface area (TPSA) is 17.0 Å². The molecule has 1 N–H and O–H groups in total. The van der Waals surface area contributed by atoms with Crippen LogP contribution in [-0.4, -0.2) is 4.57 Å². The Bertz CT molecular complexity index is 508. The van der Waals surface area contributed by atoms with E-state index in [2.05, 4.69) is 16.8 Å². The maximum absolute atomic E-state index is 13.4. The Morgan fingerprint density at radius 3 is 2.88 bits per heavy atom. The fourth-order valence-corrected chi connectivity index (χ4v) is 1.79. The van der Waals surface area contributed by atoms with Crippen molar-refractivity contribution in [2.24, 2.45) is 0 Å². The van der Waals surface area contributed by atoms with Crippen LogP contribution in [0.1, 0.15) is 12.5 Å². The molecule has 1 aromatic heterocycles. The summed E-state index contributed by atoms with van der Waals surface area (Å²) in [6.45, 7) is 3.60. The first-order chi connectivity index (χ1) is 8.19. The molecule has 0 amide bonds. The molecule has 0 saturated heterocycles. The average Bonchev–Trinajstić information content (AvgIpc) is 2.78. The molecule has 1 heterocycles. The maximum atomic E-state index is 13.4. The van der Waals surface area contributed by atoms with Crippen LogP contribution in [-0.2, 0) is 13.1 Å². The summed E-state index contributed by atoms with van der Waals surface area (Å²) in [5.41, 5.74) is 1.55. The highest BCUT2D eigenvalue weighted by Crippen LogP contribution is 2.20. The predicted octanol–water partition coefficient (Wildman–Crippen LogP) is 3.91. The molecule has 0 bridgehead atoms. The zero-order chi connectivity index (χ0) is 12.3. The van der Waals surface area contributed by atoms with E-state index in [4.69, 9.17) is 11.6 Å². The maximum Gasteiger partial charge on any atom is 0.146 e. The highest BCUT2D eigenvalue weighted by Gasteiger charge is 2.03. The van der Waals surface area contributed by atoms with E-state index in [1.807, 2.05) is 18.5 Å². The molecule has 1 aromatic carbocycles. The highest BCUT2D eigenvalue weighted by molar-refractivity contribution is 6.30. The molecule has 0 radical (unpaired) electrons. The Hall–Kier alpha value is -1.48. The lowest BCUT2D eigenvalue weighted by Crippen LogP contribution is -2.00. The summed E-state index contributed by atoms with van der Waals surface area (Å²) < 4.78 is 15.5. The van der Waals surface area contributed by atoms with Gasteiger partial charge in [0, 0.05) is 30.5 Å². The standard InChI is InChI=1S/C13H14ClFN2/c1-2-17-6-5-10(9-17)8-16-13-7-11(14)3-4-12(13)15/h3-7,9,16H,2,8H2,1H3. The number of rotatable bonds is 4. The number of nitrogens with one attached hydrogen (secondary N) is 1. The van der Waals surface area contributed by atoms with Gasteiger partial charge in [0.2, 0.25) is 0 Å². The van der Waals surface area contributed by atoms with Gasteiger partial charge in [-0.1, -0.05) is 11.6 Å². The molecule has 2 aromatic rings. The lowest BCUT2D eigenvalue weighted by molar-refractivity contribution is 0.630. The monoisotopic (exact) mass is 252 g/mol. The molecule has 0 unspecified atom stereocenters. The van der Waals surface area contributed by atoms with Crippen molar-refractivity contribution in [3.8, 4) is 0 Å². The quantitative estimate of drug-likeness (QED) is 0.873. The summed E-state index contributed by atoms with van der Waals surface area (Å²) in [6, 6.07) is 6.50. The molecule has 0 spiro atoms. The van der Waals surface area contributed by atoms with Crippen LogP contribution < -0.4 is 5.32 Å².